The summed E-state index contributed by atoms with van der Waals surface area (Å²) < 4.78 is 8.41. The summed E-state index contributed by atoms with van der Waals surface area (Å²) >= 11 is 2.76. The molecule has 0 saturated carbocycles. The third-order valence-electron chi connectivity index (χ3n) is 2.90. The molecule has 0 fully saturated rings. The Morgan fingerprint density at radius 2 is 2.00 bits per heavy atom. The Morgan fingerprint density at radius 1 is 1.28 bits per heavy atom. The van der Waals surface area contributed by atoms with Crippen LogP contribution in [-0.2, 0) is 26.1 Å². The van der Waals surface area contributed by atoms with Crippen LogP contribution in [0.1, 0.15) is 25.8 Å². The molecule has 1 aromatic rings. The van der Waals surface area contributed by atoms with Gasteiger partial charge in [-0.1, -0.05) is 39.8 Å². The Bertz CT molecular complexity index is 531. The highest BCUT2D eigenvalue weighted by Gasteiger charge is 2.14. The number of nitrogens with zero attached hydrogens (tertiary/aromatic N) is 3. The molecule has 0 aromatic heterocycles. The van der Waals surface area contributed by atoms with E-state index in [2.05, 4.69) is 5.16 Å². The Labute approximate surface area is 157 Å². The van der Waals surface area contributed by atoms with Gasteiger partial charge in [0.25, 0.3) is 0 Å². The van der Waals surface area contributed by atoms with E-state index in [0.29, 0.717) is 26.1 Å². The molecule has 9 heteroatoms. The van der Waals surface area contributed by atoms with Gasteiger partial charge in [0.1, 0.15) is 5.04 Å². The predicted octanol–water partition coefficient (Wildman–Crippen LogP) is 3.50. The van der Waals surface area contributed by atoms with Crippen molar-refractivity contribution in [1.29, 1.82) is 0 Å². The molecule has 1 rings (SSSR count). The fourth-order valence-corrected chi connectivity index (χ4v) is 2.58. The smallest absolute Gasteiger partial charge is 0.307 e. The average Bonchev–Trinajstić information content (AvgIpc) is 2.60. The van der Waals surface area contributed by atoms with Crippen molar-refractivity contribution in [2.45, 2.75) is 26.8 Å². The first-order valence-corrected chi connectivity index (χ1v) is 9.79. The second-order valence-corrected chi connectivity index (χ2v) is 7.08. The van der Waals surface area contributed by atoms with Crippen molar-refractivity contribution in [2.75, 3.05) is 26.5 Å². The number of carbonyl (C=O) groups excluding carboxylic acids is 1. The first-order valence-electron chi connectivity index (χ1n) is 7.83. The minimum absolute atomic E-state index is 0.221. The van der Waals surface area contributed by atoms with Crippen molar-refractivity contribution in [2.24, 2.45) is 5.16 Å². The second-order valence-electron chi connectivity index (χ2n) is 4.89. The molecule has 0 spiro atoms. The molecular formula is C16H25N3O4S2. The van der Waals surface area contributed by atoms with E-state index >= 15 is 0 Å². The van der Waals surface area contributed by atoms with Crippen LogP contribution < -0.4 is 0 Å². The summed E-state index contributed by atoms with van der Waals surface area (Å²) in [5, 5.41) is 4.53. The quantitative estimate of drug-likeness (QED) is 0.143. The van der Waals surface area contributed by atoms with Crippen LogP contribution in [-0.4, -0.2) is 46.2 Å². The third kappa shape index (κ3) is 10.4. The summed E-state index contributed by atoms with van der Waals surface area (Å²) in [7, 11) is 1.71. The average molecular weight is 388 g/mol. The molecule has 1 aromatic carbocycles. The molecule has 140 valence electrons. The van der Waals surface area contributed by atoms with E-state index in [1.165, 1.54) is 28.4 Å². The number of thioether (sulfide) groups is 1. The Balaban J connectivity index is 2.55. The van der Waals surface area contributed by atoms with Crippen molar-refractivity contribution in [3.05, 3.63) is 35.9 Å². The van der Waals surface area contributed by atoms with E-state index in [0.717, 1.165) is 10.6 Å². The van der Waals surface area contributed by atoms with Gasteiger partial charge in [0.2, 0.25) is 0 Å². The highest BCUT2D eigenvalue weighted by Crippen LogP contribution is 2.19. The molecule has 0 aliphatic rings. The molecule has 0 unspecified atom stereocenters. The highest BCUT2D eigenvalue weighted by molar-refractivity contribution is 8.13. The number of hydrogen-bond acceptors (Lipinski definition) is 9. The molecule has 7 nitrogen and oxygen atoms in total. The molecule has 0 bridgehead atoms. The van der Waals surface area contributed by atoms with E-state index in [-0.39, 0.29) is 5.97 Å². The fraction of sp³-hybridized carbons (Fsp3) is 0.500. The van der Waals surface area contributed by atoms with Gasteiger partial charge in [0, 0.05) is 32.3 Å². The van der Waals surface area contributed by atoms with Crippen molar-refractivity contribution in [1.82, 2.24) is 8.77 Å². The zero-order valence-electron chi connectivity index (χ0n) is 15.0. The minimum Gasteiger partial charge on any atom is -0.466 e. The van der Waals surface area contributed by atoms with Gasteiger partial charge in [-0.3, -0.25) is 4.79 Å². The topological polar surface area (TPSA) is 63.6 Å². The molecule has 0 amide bonds. The van der Waals surface area contributed by atoms with Crippen molar-refractivity contribution < 1.29 is 19.5 Å². The first kappa shape index (κ1) is 21.8. The summed E-state index contributed by atoms with van der Waals surface area (Å²) in [4.78, 5) is 21.5. The molecule has 25 heavy (non-hydrogen) atoms. The number of hydrogen-bond donors (Lipinski definition) is 0. The van der Waals surface area contributed by atoms with Crippen LogP contribution in [0.2, 0.25) is 0 Å². The van der Waals surface area contributed by atoms with Gasteiger partial charge in [0.05, 0.1) is 13.0 Å². The zero-order valence-corrected chi connectivity index (χ0v) is 16.6. The molecule has 0 aliphatic carbocycles. The minimum atomic E-state index is -0.221. The summed E-state index contributed by atoms with van der Waals surface area (Å²) in [6.45, 7) is 5.16. The van der Waals surface area contributed by atoms with Crippen LogP contribution in [0.5, 0.6) is 0 Å². The summed E-state index contributed by atoms with van der Waals surface area (Å²) in [6, 6.07) is 9.98. The van der Waals surface area contributed by atoms with Crippen molar-refractivity contribution >= 4 is 34.9 Å². The predicted molar refractivity (Wildman–Crippen MR) is 102 cm³/mol. The van der Waals surface area contributed by atoms with Gasteiger partial charge in [0.15, 0.2) is 0 Å². The number of rotatable bonds is 11. The largest absolute Gasteiger partial charge is 0.466 e. The number of hydroxylamine groups is 1. The normalized spacial score (nSPS) is 11.8. The lowest BCUT2D eigenvalue weighted by Crippen LogP contribution is -2.25. The zero-order chi connectivity index (χ0) is 18.5. The van der Waals surface area contributed by atoms with E-state index in [9.17, 15) is 4.79 Å². The molecule has 0 radical (unpaired) electrons. The van der Waals surface area contributed by atoms with Gasteiger partial charge in [-0.2, -0.15) is 4.99 Å². The first-order chi connectivity index (χ1) is 12.0. The van der Waals surface area contributed by atoms with E-state index in [4.69, 9.17) is 14.7 Å². The van der Waals surface area contributed by atoms with Crippen molar-refractivity contribution in [3.8, 4) is 0 Å². The maximum Gasteiger partial charge on any atom is 0.307 e. The number of ether oxygens (including phenoxy) is 1. The standard InChI is InChI=1S/C16H25N3O4S2/c1-5-21-16(20)11-12-19(13-15-9-7-6-8-10-15)25-18(3)23-22-17-14(2)24-4/h6-10H,5,11-13H2,1-4H3. The molecule has 0 atom stereocenters. The van der Waals surface area contributed by atoms with Crippen LogP contribution in [0.15, 0.2) is 35.5 Å². The molecular weight excluding hydrogens is 362 g/mol. The number of oxime groups is 1. The van der Waals surface area contributed by atoms with Crippen LogP contribution in [0.25, 0.3) is 0 Å². The number of benzene rings is 1. The second kappa shape index (κ2) is 13.0. The Morgan fingerprint density at radius 3 is 2.64 bits per heavy atom. The molecule has 0 heterocycles. The van der Waals surface area contributed by atoms with E-state index in [1.807, 2.05) is 47.8 Å². The number of esters is 1. The summed E-state index contributed by atoms with van der Waals surface area (Å²) in [5.41, 5.74) is 1.13. The lowest BCUT2D eigenvalue weighted by atomic mass is 10.2. The molecule has 0 aliphatic heterocycles. The lowest BCUT2D eigenvalue weighted by Gasteiger charge is -2.23. The fourth-order valence-electron chi connectivity index (χ4n) is 1.71. The van der Waals surface area contributed by atoms with Crippen LogP contribution >= 0.6 is 23.9 Å². The lowest BCUT2D eigenvalue weighted by molar-refractivity contribution is -0.386. The number of carbonyl (C=O) groups is 1. The van der Waals surface area contributed by atoms with Crippen molar-refractivity contribution in [3.63, 3.8) is 0 Å². The highest BCUT2D eigenvalue weighted by atomic mass is 32.2. The van der Waals surface area contributed by atoms with E-state index < -0.39 is 0 Å². The van der Waals surface area contributed by atoms with E-state index in [1.54, 1.807) is 14.0 Å². The molecule has 0 N–H and O–H groups in total. The SMILES string of the molecule is CCOC(=O)CCN(Cc1ccccc1)SN(C)OON=C(C)SC. The van der Waals surface area contributed by atoms with Gasteiger partial charge >= 0.3 is 5.97 Å². The van der Waals surface area contributed by atoms with Crippen LogP contribution in [0.3, 0.4) is 0 Å². The molecule has 0 saturated heterocycles. The monoisotopic (exact) mass is 387 g/mol. The Kier molecular flexibility index (Phi) is 11.3. The Hall–Kier alpha value is -1.26. The van der Waals surface area contributed by atoms with Crippen LogP contribution in [0.4, 0.5) is 0 Å². The van der Waals surface area contributed by atoms with Gasteiger partial charge in [-0.25, -0.2) is 4.31 Å². The van der Waals surface area contributed by atoms with Gasteiger partial charge in [-0.15, -0.1) is 11.8 Å². The van der Waals surface area contributed by atoms with Gasteiger partial charge < -0.3 is 4.74 Å². The maximum absolute atomic E-state index is 11.6. The summed E-state index contributed by atoms with van der Waals surface area (Å²) in [5.74, 6) is -0.221. The summed E-state index contributed by atoms with van der Waals surface area (Å²) in [6.07, 6.45) is 2.20. The maximum atomic E-state index is 11.6. The third-order valence-corrected chi connectivity index (χ3v) is 4.40. The van der Waals surface area contributed by atoms with Gasteiger partial charge in [-0.05, 0) is 30.8 Å². The van der Waals surface area contributed by atoms with Crippen LogP contribution in [0, 0.1) is 0 Å².